The summed E-state index contributed by atoms with van der Waals surface area (Å²) in [6.45, 7) is 1.92. The van der Waals surface area contributed by atoms with Crippen LogP contribution in [0.25, 0.3) is 0 Å². The molecule has 0 spiro atoms. The van der Waals surface area contributed by atoms with E-state index in [0.717, 1.165) is 37.1 Å². The lowest BCUT2D eigenvalue weighted by atomic mass is 9.98. The van der Waals surface area contributed by atoms with E-state index in [0.29, 0.717) is 18.8 Å². The van der Waals surface area contributed by atoms with Crippen LogP contribution >= 0.6 is 11.3 Å². The zero-order chi connectivity index (χ0) is 20.9. The number of rotatable bonds is 4. The molecule has 0 radical (unpaired) electrons. The number of carbonyl (C=O) groups is 2. The molecule has 7 heteroatoms. The zero-order valence-electron chi connectivity index (χ0n) is 17.1. The van der Waals surface area contributed by atoms with Gasteiger partial charge in [-0.25, -0.2) is 9.18 Å². The molecule has 2 N–H and O–H groups in total. The normalized spacial score (nSPS) is 19.0. The number of thiophene rings is 1. The summed E-state index contributed by atoms with van der Waals surface area (Å²) in [4.78, 5) is 29.4. The first-order valence-electron chi connectivity index (χ1n) is 10.8. The fraction of sp³-hybridized carbons (Fsp3) is 0.478. The molecule has 5 nitrogen and oxygen atoms in total. The highest BCUT2D eigenvalue weighted by atomic mass is 32.1. The van der Waals surface area contributed by atoms with Crippen LogP contribution in [0, 0.1) is 11.7 Å². The molecule has 1 fully saturated rings. The first-order valence-corrected chi connectivity index (χ1v) is 11.6. The molecule has 1 unspecified atom stereocenters. The van der Waals surface area contributed by atoms with E-state index >= 15 is 0 Å². The molecule has 2 aromatic rings. The van der Waals surface area contributed by atoms with Crippen molar-refractivity contribution in [2.45, 2.75) is 44.9 Å². The van der Waals surface area contributed by atoms with Crippen LogP contribution in [0.15, 0.2) is 30.3 Å². The topological polar surface area (TPSA) is 61.4 Å². The molecule has 30 heavy (non-hydrogen) atoms. The van der Waals surface area contributed by atoms with Gasteiger partial charge in [-0.3, -0.25) is 4.79 Å². The summed E-state index contributed by atoms with van der Waals surface area (Å²) >= 11 is 1.67. The Balaban J connectivity index is 1.30. The predicted molar refractivity (Wildman–Crippen MR) is 118 cm³/mol. The molecule has 1 aromatic heterocycles. The Morgan fingerprint density at radius 3 is 2.87 bits per heavy atom. The third kappa shape index (κ3) is 5.19. The number of aryl methyl sites for hydroxylation is 2. The molecule has 2 aliphatic rings. The smallest absolute Gasteiger partial charge is 0.319 e. The molecule has 0 saturated carbocycles. The van der Waals surface area contributed by atoms with Gasteiger partial charge in [0.15, 0.2) is 0 Å². The summed E-state index contributed by atoms with van der Waals surface area (Å²) in [5.74, 6) is -0.0409. The highest BCUT2D eigenvalue weighted by molar-refractivity contribution is 7.14. The van der Waals surface area contributed by atoms with Crippen LogP contribution in [0.1, 0.15) is 52.2 Å². The number of hydrogen-bond donors (Lipinski definition) is 2. The van der Waals surface area contributed by atoms with Gasteiger partial charge < -0.3 is 15.5 Å². The molecule has 1 saturated heterocycles. The summed E-state index contributed by atoms with van der Waals surface area (Å²) in [6.07, 6.45) is 7.81. The molecule has 3 amide bonds. The Labute approximate surface area is 180 Å². The van der Waals surface area contributed by atoms with Crippen molar-refractivity contribution in [2.75, 3.05) is 25.0 Å². The number of amides is 3. The summed E-state index contributed by atoms with van der Waals surface area (Å²) in [5.41, 5.74) is 1.79. The lowest BCUT2D eigenvalue weighted by molar-refractivity contribution is 0.0680. The summed E-state index contributed by atoms with van der Waals surface area (Å²) < 4.78 is 13.2. The minimum atomic E-state index is -0.389. The standard InChI is InChI=1S/C23H28FN3O2S/c24-18-8-4-9-19(13-18)26-23(29)25-14-16-6-5-11-27(15-16)22(28)21-12-17-7-2-1-3-10-20(17)30-21/h4,8-9,12-13,16H,1-3,5-7,10-11,14-15H2,(H2,25,26,29). The van der Waals surface area contributed by atoms with Gasteiger partial charge in [0, 0.05) is 30.2 Å². The number of nitrogens with one attached hydrogen (secondary N) is 2. The molecule has 1 aliphatic carbocycles. The van der Waals surface area contributed by atoms with Crippen molar-refractivity contribution >= 4 is 29.0 Å². The van der Waals surface area contributed by atoms with Gasteiger partial charge in [0.25, 0.3) is 5.91 Å². The Morgan fingerprint density at radius 1 is 1.13 bits per heavy atom. The summed E-state index contributed by atoms with van der Waals surface area (Å²) in [5, 5.41) is 5.50. The number of halogens is 1. The van der Waals surface area contributed by atoms with Crippen LogP contribution in [-0.2, 0) is 12.8 Å². The van der Waals surface area contributed by atoms with E-state index in [-0.39, 0.29) is 23.7 Å². The second-order valence-electron chi connectivity index (χ2n) is 8.22. The van der Waals surface area contributed by atoms with Crippen molar-refractivity contribution in [3.63, 3.8) is 0 Å². The second-order valence-corrected chi connectivity index (χ2v) is 9.36. The zero-order valence-corrected chi connectivity index (χ0v) is 17.9. The molecule has 160 valence electrons. The van der Waals surface area contributed by atoms with Crippen molar-refractivity contribution in [3.05, 3.63) is 51.5 Å². The van der Waals surface area contributed by atoms with Crippen LogP contribution < -0.4 is 10.6 Å². The maximum Gasteiger partial charge on any atom is 0.319 e. The molecule has 2 heterocycles. The monoisotopic (exact) mass is 429 g/mol. The van der Waals surface area contributed by atoms with E-state index in [2.05, 4.69) is 16.7 Å². The highest BCUT2D eigenvalue weighted by Crippen LogP contribution is 2.30. The lowest BCUT2D eigenvalue weighted by Gasteiger charge is -2.32. The van der Waals surface area contributed by atoms with Crippen molar-refractivity contribution in [1.82, 2.24) is 10.2 Å². The average molecular weight is 430 g/mol. The second kappa shape index (κ2) is 9.60. The van der Waals surface area contributed by atoms with Crippen LogP contribution in [0.4, 0.5) is 14.9 Å². The van der Waals surface area contributed by atoms with Crippen LogP contribution in [-0.4, -0.2) is 36.5 Å². The van der Waals surface area contributed by atoms with E-state index < -0.39 is 0 Å². The Bertz CT molecular complexity index is 890. The van der Waals surface area contributed by atoms with Gasteiger partial charge in [-0.2, -0.15) is 0 Å². The fourth-order valence-electron chi connectivity index (χ4n) is 4.32. The van der Waals surface area contributed by atoms with Crippen molar-refractivity contribution in [2.24, 2.45) is 5.92 Å². The van der Waals surface area contributed by atoms with Crippen LogP contribution in [0.3, 0.4) is 0 Å². The quantitative estimate of drug-likeness (QED) is 0.684. The van der Waals surface area contributed by atoms with Crippen LogP contribution in [0.2, 0.25) is 0 Å². The van der Waals surface area contributed by atoms with E-state index in [9.17, 15) is 14.0 Å². The van der Waals surface area contributed by atoms with Gasteiger partial charge in [0.1, 0.15) is 5.82 Å². The average Bonchev–Trinajstić information content (AvgIpc) is 3.02. The first kappa shape index (κ1) is 20.8. The van der Waals surface area contributed by atoms with Gasteiger partial charge in [0.2, 0.25) is 0 Å². The number of fused-ring (bicyclic) bond motifs is 1. The number of carbonyl (C=O) groups excluding carboxylic acids is 2. The SMILES string of the molecule is O=C(NCC1CCCN(C(=O)c2cc3c(s2)CCCCC3)C1)Nc1cccc(F)c1. The molecule has 1 atom stereocenters. The molecule has 1 aliphatic heterocycles. The molecule has 0 bridgehead atoms. The summed E-state index contributed by atoms with van der Waals surface area (Å²) in [6, 6.07) is 7.57. The van der Waals surface area contributed by atoms with Crippen LogP contribution in [0.5, 0.6) is 0 Å². The number of piperidine rings is 1. The van der Waals surface area contributed by atoms with E-state index in [1.165, 1.54) is 41.8 Å². The van der Waals surface area contributed by atoms with Crippen molar-refractivity contribution in [3.8, 4) is 0 Å². The third-order valence-corrected chi connectivity index (χ3v) is 7.12. The number of anilines is 1. The number of urea groups is 1. The van der Waals surface area contributed by atoms with Gasteiger partial charge in [0.05, 0.1) is 4.88 Å². The van der Waals surface area contributed by atoms with Crippen molar-refractivity contribution in [1.29, 1.82) is 0 Å². The van der Waals surface area contributed by atoms with Gasteiger partial charge in [-0.1, -0.05) is 12.5 Å². The largest absolute Gasteiger partial charge is 0.338 e. The molecule has 4 rings (SSSR count). The highest BCUT2D eigenvalue weighted by Gasteiger charge is 2.27. The van der Waals surface area contributed by atoms with Crippen molar-refractivity contribution < 1.29 is 14.0 Å². The number of nitrogens with zero attached hydrogens (tertiary/aromatic N) is 1. The molecular formula is C23H28FN3O2S. The Hall–Kier alpha value is -2.41. The first-order chi connectivity index (χ1) is 14.6. The van der Waals surface area contributed by atoms with E-state index in [4.69, 9.17) is 0 Å². The maximum absolute atomic E-state index is 13.2. The summed E-state index contributed by atoms with van der Waals surface area (Å²) in [7, 11) is 0. The lowest BCUT2D eigenvalue weighted by Crippen LogP contribution is -2.44. The van der Waals surface area contributed by atoms with Gasteiger partial charge in [-0.15, -0.1) is 11.3 Å². The minimum absolute atomic E-state index is 0.127. The molecular weight excluding hydrogens is 401 g/mol. The van der Waals surface area contributed by atoms with E-state index in [1.807, 2.05) is 4.90 Å². The van der Waals surface area contributed by atoms with E-state index in [1.54, 1.807) is 23.5 Å². The Kier molecular flexibility index (Phi) is 6.67. The number of likely N-dealkylation sites (tertiary alicyclic amines) is 1. The fourth-order valence-corrected chi connectivity index (χ4v) is 5.54. The van der Waals surface area contributed by atoms with Gasteiger partial charge >= 0.3 is 6.03 Å². The number of benzene rings is 1. The van der Waals surface area contributed by atoms with Gasteiger partial charge in [-0.05, 0) is 74.3 Å². The predicted octanol–water partition coefficient (Wildman–Crippen LogP) is 4.83. The third-order valence-electron chi connectivity index (χ3n) is 5.90. The maximum atomic E-state index is 13.2. The minimum Gasteiger partial charge on any atom is -0.338 e. The Morgan fingerprint density at radius 2 is 2.00 bits per heavy atom. The number of hydrogen-bond acceptors (Lipinski definition) is 3. The molecule has 1 aromatic carbocycles.